The highest BCUT2D eigenvalue weighted by molar-refractivity contribution is 5.82. The lowest BCUT2D eigenvalue weighted by molar-refractivity contribution is -0.125. The maximum atomic E-state index is 11.7. The average molecular weight is 329 g/mol. The number of nitrogens with one attached hydrogen (secondary N) is 3. The number of carbonyl (C=O) groups excluding carboxylic acids is 3. The van der Waals surface area contributed by atoms with Gasteiger partial charge in [-0.15, -0.1) is 0 Å². The maximum absolute atomic E-state index is 11.7. The molecule has 0 spiro atoms. The SMILES string of the molecule is CCC(CC)C(=O)NCCCNC(=O)CNC(=O)OC(C)(C)C. The molecule has 0 aliphatic rings. The van der Waals surface area contributed by atoms with Crippen molar-refractivity contribution in [2.45, 2.75) is 59.5 Å². The Labute approximate surface area is 138 Å². The van der Waals surface area contributed by atoms with Crippen molar-refractivity contribution in [2.24, 2.45) is 5.92 Å². The van der Waals surface area contributed by atoms with Crippen LogP contribution in [0.4, 0.5) is 4.79 Å². The molecule has 0 heterocycles. The summed E-state index contributed by atoms with van der Waals surface area (Å²) >= 11 is 0. The van der Waals surface area contributed by atoms with Gasteiger partial charge in [0, 0.05) is 19.0 Å². The molecular weight excluding hydrogens is 298 g/mol. The van der Waals surface area contributed by atoms with Gasteiger partial charge in [-0.2, -0.15) is 0 Å². The van der Waals surface area contributed by atoms with E-state index in [1.165, 1.54) is 0 Å². The molecule has 134 valence electrons. The molecule has 0 fully saturated rings. The van der Waals surface area contributed by atoms with E-state index in [-0.39, 0.29) is 24.3 Å². The van der Waals surface area contributed by atoms with Crippen LogP contribution in [-0.2, 0) is 14.3 Å². The third-order valence-corrected chi connectivity index (χ3v) is 3.12. The standard InChI is InChI=1S/C16H31N3O4/c1-6-12(7-2)14(21)18-10-8-9-17-13(20)11-19-15(22)23-16(3,4)5/h12H,6-11H2,1-5H3,(H,17,20)(H,18,21)(H,19,22). The second kappa shape index (κ2) is 10.9. The predicted octanol–water partition coefficient (Wildman–Crippen LogP) is 1.57. The van der Waals surface area contributed by atoms with E-state index >= 15 is 0 Å². The van der Waals surface area contributed by atoms with Crippen LogP contribution in [0, 0.1) is 5.92 Å². The Morgan fingerprint density at radius 3 is 2.04 bits per heavy atom. The van der Waals surface area contributed by atoms with Crippen molar-refractivity contribution >= 4 is 17.9 Å². The highest BCUT2D eigenvalue weighted by atomic mass is 16.6. The molecule has 7 nitrogen and oxygen atoms in total. The van der Waals surface area contributed by atoms with Gasteiger partial charge in [-0.25, -0.2) is 4.79 Å². The Balaban J connectivity index is 3.72. The molecule has 0 aliphatic heterocycles. The molecular formula is C16H31N3O4. The lowest BCUT2D eigenvalue weighted by atomic mass is 10.0. The fourth-order valence-corrected chi connectivity index (χ4v) is 1.86. The van der Waals surface area contributed by atoms with Gasteiger partial charge in [-0.1, -0.05) is 13.8 Å². The Kier molecular flexibility index (Phi) is 10.0. The van der Waals surface area contributed by atoms with Crippen LogP contribution in [0.1, 0.15) is 53.9 Å². The fourth-order valence-electron chi connectivity index (χ4n) is 1.86. The third-order valence-electron chi connectivity index (χ3n) is 3.12. The molecule has 3 N–H and O–H groups in total. The van der Waals surface area contributed by atoms with Gasteiger partial charge in [0.1, 0.15) is 5.60 Å². The van der Waals surface area contributed by atoms with Gasteiger partial charge in [0.05, 0.1) is 6.54 Å². The maximum Gasteiger partial charge on any atom is 0.408 e. The first-order chi connectivity index (χ1) is 10.7. The lowest BCUT2D eigenvalue weighted by Crippen LogP contribution is -2.40. The average Bonchev–Trinajstić information content (AvgIpc) is 2.44. The summed E-state index contributed by atoms with van der Waals surface area (Å²) in [6, 6.07) is 0. The molecule has 7 heteroatoms. The minimum absolute atomic E-state index is 0.0580. The zero-order valence-electron chi connectivity index (χ0n) is 15.0. The van der Waals surface area contributed by atoms with E-state index in [9.17, 15) is 14.4 Å². The van der Waals surface area contributed by atoms with Crippen LogP contribution in [0.5, 0.6) is 0 Å². The fraction of sp³-hybridized carbons (Fsp3) is 0.812. The number of alkyl carbamates (subject to hydrolysis) is 1. The number of carbonyl (C=O) groups is 3. The second-order valence-electron chi connectivity index (χ2n) is 6.36. The third kappa shape index (κ3) is 11.4. The van der Waals surface area contributed by atoms with Crippen molar-refractivity contribution in [2.75, 3.05) is 19.6 Å². The smallest absolute Gasteiger partial charge is 0.408 e. The Morgan fingerprint density at radius 1 is 0.957 bits per heavy atom. The van der Waals surface area contributed by atoms with Crippen molar-refractivity contribution in [1.82, 2.24) is 16.0 Å². The molecule has 0 aromatic heterocycles. The van der Waals surface area contributed by atoms with Gasteiger partial charge in [0.15, 0.2) is 0 Å². The van der Waals surface area contributed by atoms with E-state index in [2.05, 4.69) is 16.0 Å². The number of hydrogen-bond donors (Lipinski definition) is 3. The topological polar surface area (TPSA) is 96.5 Å². The predicted molar refractivity (Wildman–Crippen MR) is 88.9 cm³/mol. The summed E-state index contributed by atoms with van der Waals surface area (Å²) in [6.07, 6.45) is 1.68. The first-order valence-corrected chi connectivity index (χ1v) is 8.20. The normalized spacial score (nSPS) is 11.0. The highest BCUT2D eigenvalue weighted by Crippen LogP contribution is 2.07. The van der Waals surface area contributed by atoms with Crippen molar-refractivity contribution in [1.29, 1.82) is 0 Å². The van der Waals surface area contributed by atoms with Crippen molar-refractivity contribution in [3.8, 4) is 0 Å². The molecule has 0 atom stereocenters. The van der Waals surface area contributed by atoms with Gasteiger partial charge in [-0.3, -0.25) is 9.59 Å². The molecule has 0 aromatic carbocycles. The van der Waals surface area contributed by atoms with Crippen molar-refractivity contribution < 1.29 is 19.1 Å². The largest absolute Gasteiger partial charge is 0.444 e. The number of amides is 3. The van der Waals surface area contributed by atoms with Crippen LogP contribution in [-0.4, -0.2) is 43.1 Å². The first kappa shape index (κ1) is 21.2. The van der Waals surface area contributed by atoms with E-state index in [4.69, 9.17) is 4.74 Å². The molecule has 0 aromatic rings. The Hall–Kier alpha value is -1.79. The zero-order valence-corrected chi connectivity index (χ0v) is 15.0. The molecule has 0 bridgehead atoms. The summed E-state index contributed by atoms with van der Waals surface area (Å²) in [4.78, 5) is 34.7. The van der Waals surface area contributed by atoms with Crippen LogP contribution < -0.4 is 16.0 Å². The summed E-state index contributed by atoms with van der Waals surface area (Å²) in [6.45, 7) is 10.1. The second-order valence-corrected chi connectivity index (χ2v) is 6.36. The lowest BCUT2D eigenvalue weighted by Gasteiger charge is -2.19. The number of ether oxygens (including phenoxy) is 1. The molecule has 3 amide bonds. The van der Waals surface area contributed by atoms with Crippen LogP contribution in [0.3, 0.4) is 0 Å². The molecule has 0 saturated heterocycles. The van der Waals surface area contributed by atoms with E-state index in [0.29, 0.717) is 19.5 Å². The van der Waals surface area contributed by atoms with Crippen LogP contribution in [0.2, 0.25) is 0 Å². The van der Waals surface area contributed by atoms with E-state index < -0.39 is 11.7 Å². The Bertz CT molecular complexity index is 387. The molecule has 0 radical (unpaired) electrons. The van der Waals surface area contributed by atoms with Crippen molar-refractivity contribution in [3.63, 3.8) is 0 Å². The van der Waals surface area contributed by atoms with E-state index in [0.717, 1.165) is 12.8 Å². The number of rotatable bonds is 9. The van der Waals surface area contributed by atoms with Crippen LogP contribution >= 0.6 is 0 Å². The van der Waals surface area contributed by atoms with Gasteiger partial charge in [0.25, 0.3) is 0 Å². The van der Waals surface area contributed by atoms with Gasteiger partial charge in [-0.05, 0) is 40.0 Å². The Morgan fingerprint density at radius 2 is 1.52 bits per heavy atom. The summed E-state index contributed by atoms with van der Waals surface area (Å²) in [5, 5.41) is 7.91. The molecule has 23 heavy (non-hydrogen) atoms. The summed E-state index contributed by atoms with van der Waals surface area (Å²) in [7, 11) is 0. The van der Waals surface area contributed by atoms with Crippen LogP contribution in [0.15, 0.2) is 0 Å². The van der Waals surface area contributed by atoms with Gasteiger partial charge in [0.2, 0.25) is 11.8 Å². The molecule has 0 aliphatic carbocycles. The summed E-state index contributed by atoms with van der Waals surface area (Å²) in [5.41, 5.74) is -0.590. The molecule has 0 saturated carbocycles. The van der Waals surface area contributed by atoms with E-state index in [1.807, 2.05) is 13.8 Å². The molecule has 0 unspecified atom stereocenters. The van der Waals surface area contributed by atoms with Crippen molar-refractivity contribution in [3.05, 3.63) is 0 Å². The minimum atomic E-state index is -0.620. The summed E-state index contributed by atoms with van der Waals surface area (Å²) in [5.74, 6) is -0.169. The van der Waals surface area contributed by atoms with Crippen LogP contribution in [0.25, 0.3) is 0 Å². The zero-order chi connectivity index (χ0) is 17.9. The quantitative estimate of drug-likeness (QED) is 0.559. The number of hydrogen-bond acceptors (Lipinski definition) is 4. The summed E-state index contributed by atoms with van der Waals surface area (Å²) < 4.78 is 5.02. The monoisotopic (exact) mass is 329 g/mol. The van der Waals surface area contributed by atoms with Gasteiger partial charge >= 0.3 is 6.09 Å². The van der Waals surface area contributed by atoms with Gasteiger partial charge < -0.3 is 20.7 Å². The molecule has 0 rings (SSSR count). The first-order valence-electron chi connectivity index (χ1n) is 8.20. The van der Waals surface area contributed by atoms with E-state index in [1.54, 1.807) is 20.8 Å². The highest BCUT2D eigenvalue weighted by Gasteiger charge is 2.16. The minimum Gasteiger partial charge on any atom is -0.444 e.